The van der Waals surface area contributed by atoms with Gasteiger partial charge >= 0.3 is 0 Å². The van der Waals surface area contributed by atoms with Crippen LogP contribution < -0.4 is 16.0 Å². The lowest BCUT2D eigenvalue weighted by atomic mass is 9.99. The van der Waals surface area contributed by atoms with Gasteiger partial charge in [0, 0.05) is 29.1 Å². The third kappa shape index (κ3) is 7.03. The molecule has 2 aromatic carbocycles. The van der Waals surface area contributed by atoms with E-state index in [1.54, 1.807) is 24.3 Å². The molecule has 0 aromatic heterocycles. The first kappa shape index (κ1) is 23.2. The van der Waals surface area contributed by atoms with Crippen LogP contribution in [0.25, 0.3) is 0 Å². The van der Waals surface area contributed by atoms with Crippen molar-refractivity contribution in [2.24, 2.45) is 0 Å². The fourth-order valence-corrected chi connectivity index (χ4v) is 3.59. The van der Waals surface area contributed by atoms with E-state index in [-0.39, 0.29) is 30.3 Å². The molecule has 2 amide bonds. The minimum absolute atomic E-state index is 0. The Morgan fingerprint density at radius 3 is 2.48 bits per heavy atom. The zero-order valence-corrected chi connectivity index (χ0v) is 17.9. The van der Waals surface area contributed by atoms with E-state index in [9.17, 15) is 9.59 Å². The minimum atomic E-state index is -0.643. The van der Waals surface area contributed by atoms with Crippen LogP contribution in [0.15, 0.2) is 54.6 Å². The standard InChI is InChI=1S/C22H26ClN3O2.ClH/c1-15-13-19(11-12-24-15)25-22(28)20(14-16-5-3-2-4-6-16)26-21(27)17-7-9-18(23)10-8-17;/h2-10,15,19-20,24H,11-14H2,1H3,(H,25,28)(H,26,27);1H. The summed E-state index contributed by atoms with van der Waals surface area (Å²) in [6, 6.07) is 16.2. The van der Waals surface area contributed by atoms with Crippen LogP contribution >= 0.6 is 24.0 Å². The van der Waals surface area contributed by atoms with E-state index >= 15 is 0 Å². The van der Waals surface area contributed by atoms with Gasteiger partial charge in [0.1, 0.15) is 6.04 Å². The molecular weight excluding hydrogens is 409 g/mol. The van der Waals surface area contributed by atoms with Gasteiger partial charge in [0.25, 0.3) is 5.91 Å². The normalized spacial score (nSPS) is 19.5. The zero-order chi connectivity index (χ0) is 19.9. The molecule has 3 unspecified atom stereocenters. The summed E-state index contributed by atoms with van der Waals surface area (Å²) in [6.45, 7) is 2.99. The summed E-state index contributed by atoms with van der Waals surface area (Å²) in [5.41, 5.74) is 1.48. The number of hydrogen-bond acceptors (Lipinski definition) is 3. The summed E-state index contributed by atoms with van der Waals surface area (Å²) in [5, 5.41) is 9.96. The van der Waals surface area contributed by atoms with E-state index in [2.05, 4.69) is 22.9 Å². The smallest absolute Gasteiger partial charge is 0.251 e. The lowest BCUT2D eigenvalue weighted by molar-refractivity contribution is -0.123. The average Bonchev–Trinajstić information content (AvgIpc) is 2.68. The number of amides is 2. The largest absolute Gasteiger partial charge is 0.351 e. The molecule has 0 aliphatic carbocycles. The first-order chi connectivity index (χ1) is 13.5. The Balaban J connectivity index is 0.00000300. The second-order valence-corrected chi connectivity index (χ2v) is 7.74. The lowest BCUT2D eigenvalue weighted by Gasteiger charge is -2.30. The number of nitrogens with one attached hydrogen (secondary N) is 3. The number of piperidine rings is 1. The molecule has 7 heteroatoms. The van der Waals surface area contributed by atoms with Gasteiger partial charge in [-0.2, -0.15) is 0 Å². The first-order valence-corrected chi connectivity index (χ1v) is 10.0. The topological polar surface area (TPSA) is 70.2 Å². The third-order valence-electron chi connectivity index (χ3n) is 4.98. The van der Waals surface area contributed by atoms with E-state index in [4.69, 9.17) is 11.6 Å². The van der Waals surface area contributed by atoms with Crippen LogP contribution in [0.5, 0.6) is 0 Å². The van der Waals surface area contributed by atoms with Crippen LogP contribution in [-0.4, -0.2) is 36.5 Å². The van der Waals surface area contributed by atoms with Crippen molar-refractivity contribution in [3.63, 3.8) is 0 Å². The fraction of sp³-hybridized carbons (Fsp3) is 0.364. The Bertz CT molecular complexity index is 799. The Labute approximate surface area is 183 Å². The highest BCUT2D eigenvalue weighted by Gasteiger charge is 2.26. The fourth-order valence-electron chi connectivity index (χ4n) is 3.47. The van der Waals surface area contributed by atoms with Gasteiger partial charge in [0.15, 0.2) is 0 Å². The number of carbonyl (C=O) groups excluding carboxylic acids is 2. The van der Waals surface area contributed by atoms with Crippen molar-refractivity contribution in [3.8, 4) is 0 Å². The van der Waals surface area contributed by atoms with E-state index in [1.165, 1.54) is 0 Å². The number of halogens is 2. The minimum Gasteiger partial charge on any atom is -0.351 e. The van der Waals surface area contributed by atoms with Crippen molar-refractivity contribution in [1.29, 1.82) is 0 Å². The Kier molecular flexibility index (Phi) is 8.96. The summed E-state index contributed by atoms with van der Waals surface area (Å²) in [4.78, 5) is 25.6. The van der Waals surface area contributed by atoms with Gasteiger partial charge in [-0.3, -0.25) is 9.59 Å². The molecule has 1 aliphatic heterocycles. The van der Waals surface area contributed by atoms with Crippen molar-refractivity contribution in [1.82, 2.24) is 16.0 Å². The second-order valence-electron chi connectivity index (χ2n) is 7.31. The highest BCUT2D eigenvalue weighted by Crippen LogP contribution is 2.12. The van der Waals surface area contributed by atoms with Crippen LogP contribution in [0.1, 0.15) is 35.7 Å². The highest BCUT2D eigenvalue weighted by atomic mass is 35.5. The van der Waals surface area contributed by atoms with Crippen molar-refractivity contribution in [2.45, 2.75) is 44.3 Å². The van der Waals surface area contributed by atoms with Crippen LogP contribution in [0.2, 0.25) is 5.02 Å². The summed E-state index contributed by atoms with van der Waals surface area (Å²) in [5.74, 6) is -0.434. The molecule has 3 atom stereocenters. The summed E-state index contributed by atoms with van der Waals surface area (Å²) >= 11 is 5.90. The highest BCUT2D eigenvalue weighted by molar-refractivity contribution is 6.30. The van der Waals surface area contributed by atoms with Gasteiger partial charge in [-0.1, -0.05) is 41.9 Å². The van der Waals surface area contributed by atoms with Gasteiger partial charge in [-0.05, 0) is 56.1 Å². The molecule has 2 aromatic rings. The summed E-state index contributed by atoms with van der Waals surface area (Å²) in [7, 11) is 0. The molecule has 1 saturated heterocycles. The molecule has 3 N–H and O–H groups in total. The Morgan fingerprint density at radius 2 is 1.83 bits per heavy atom. The van der Waals surface area contributed by atoms with Gasteiger partial charge in [0.2, 0.25) is 5.91 Å². The summed E-state index contributed by atoms with van der Waals surface area (Å²) in [6.07, 6.45) is 2.21. The van der Waals surface area contributed by atoms with Crippen LogP contribution in [0.4, 0.5) is 0 Å². The second kappa shape index (κ2) is 11.2. The van der Waals surface area contributed by atoms with Crippen LogP contribution in [-0.2, 0) is 11.2 Å². The van der Waals surface area contributed by atoms with E-state index in [0.29, 0.717) is 23.0 Å². The van der Waals surface area contributed by atoms with Gasteiger partial charge in [-0.25, -0.2) is 0 Å². The predicted molar refractivity (Wildman–Crippen MR) is 119 cm³/mol. The molecular formula is C22H27Cl2N3O2. The summed E-state index contributed by atoms with van der Waals surface area (Å²) < 4.78 is 0. The van der Waals surface area contributed by atoms with Crippen molar-refractivity contribution < 1.29 is 9.59 Å². The molecule has 0 radical (unpaired) electrons. The number of carbonyl (C=O) groups is 2. The molecule has 5 nitrogen and oxygen atoms in total. The van der Waals surface area contributed by atoms with Crippen molar-refractivity contribution >= 4 is 35.8 Å². The van der Waals surface area contributed by atoms with Gasteiger partial charge < -0.3 is 16.0 Å². The van der Waals surface area contributed by atoms with E-state index < -0.39 is 6.04 Å². The number of benzene rings is 2. The first-order valence-electron chi connectivity index (χ1n) is 9.65. The van der Waals surface area contributed by atoms with Crippen LogP contribution in [0.3, 0.4) is 0 Å². The molecule has 1 aliphatic rings. The Morgan fingerprint density at radius 1 is 1.14 bits per heavy atom. The average molecular weight is 436 g/mol. The molecule has 0 saturated carbocycles. The SMILES string of the molecule is CC1CC(NC(=O)C(Cc2ccccc2)NC(=O)c2ccc(Cl)cc2)CCN1.Cl. The van der Waals surface area contributed by atoms with Gasteiger partial charge in [0.05, 0.1) is 0 Å². The Hall–Kier alpha value is -2.08. The van der Waals surface area contributed by atoms with Crippen molar-refractivity contribution in [3.05, 3.63) is 70.7 Å². The molecule has 0 spiro atoms. The quantitative estimate of drug-likeness (QED) is 0.651. The number of hydrogen-bond donors (Lipinski definition) is 3. The maximum Gasteiger partial charge on any atom is 0.251 e. The van der Waals surface area contributed by atoms with E-state index in [1.807, 2.05) is 30.3 Å². The molecule has 29 heavy (non-hydrogen) atoms. The lowest BCUT2D eigenvalue weighted by Crippen LogP contribution is -2.53. The molecule has 0 bridgehead atoms. The maximum atomic E-state index is 13.0. The molecule has 1 heterocycles. The predicted octanol–water partition coefficient (Wildman–Crippen LogP) is 3.36. The zero-order valence-electron chi connectivity index (χ0n) is 16.4. The van der Waals surface area contributed by atoms with E-state index in [0.717, 1.165) is 24.9 Å². The maximum absolute atomic E-state index is 13.0. The van der Waals surface area contributed by atoms with Crippen molar-refractivity contribution in [2.75, 3.05) is 6.54 Å². The molecule has 156 valence electrons. The monoisotopic (exact) mass is 435 g/mol. The van der Waals surface area contributed by atoms with Gasteiger partial charge in [-0.15, -0.1) is 12.4 Å². The molecule has 3 rings (SSSR count). The van der Waals surface area contributed by atoms with Crippen LogP contribution in [0, 0.1) is 0 Å². The molecule has 1 fully saturated rings. The third-order valence-corrected chi connectivity index (χ3v) is 5.23. The number of rotatable bonds is 6.